The third-order valence-electron chi connectivity index (χ3n) is 1.56. The zero-order chi connectivity index (χ0) is 10.8. The van der Waals surface area contributed by atoms with E-state index in [0.29, 0.717) is 16.4 Å². The van der Waals surface area contributed by atoms with Crippen LogP contribution in [0.15, 0.2) is 11.4 Å². The Morgan fingerprint density at radius 1 is 1.67 bits per heavy atom. The van der Waals surface area contributed by atoms with E-state index in [2.05, 4.69) is 15.5 Å². The van der Waals surface area contributed by atoms with Crippen LogP contribution >= 0.6 is 11.3 Å². The summed E-state index contributed by atoms with van der Waals surface area (Å²) in [5, 5.41) is 12.5. The van der Waals surface area contributed by atoms with E-state index in [9.17, 15) is 4.79 Å². The second-order valence-corrected chi connectivity index (χ2v) is 3.58. The van der Waals surface area contributed by atoms with Crippen LogP contribution in [-0.4, -0.2) is 26.3 Å². The average molecular weight is 225 g/mol. The minimum Gasteiger partial charge on any atom is -0.397 e. The van der Waals surface area contributed by atoms with Gasteiger partial charge < -0.3 is 10.6 Å². The molecule has 0 atom stereocenters. The lowest BCUT2D eigenvalue weighted by Gasteiger charge is -2.00. The lowest BCUT2D eigenvalue weighted by Crippen LogP contribution is -2.19. The van der Waals surface area contributed by atoms with Gasteiger partial charge in [-0.25, -0.2) is 4.79 Å². The molecule has 2 heterocycles. The highest BCUT2D eigenvalue weighted by atomic mass is 32.1. The second kappa shape index (κ2) is 3.65. The van der Waals surface area contributed by atoms with Crippen molar-refractivity contribution in [3.8, 4) is 10.7 Å². The molecular formula is C7H7N5O2S. The molecule has 0 aromatic carbocycles. The van der Waals surface area contributed by atoms with Gasteiger partial charge in [-0.05, 0) is 26.7 Å². The highest BCUT2D eigenvalue weighted by molar-refractivity contribution is 7.14. The average Bonchev–Trinajstić information content (AvgIpc) is 2.73. The Morgan fingerprint density at radius 3 is 3.07 bits per heavy atom. The quantitative estimate of drug-likeness (QED) is 0.720. The minimum atomic E-state index is -0.501. The van der Waals surface area contributed by atoms with Crippen molar-refractivity contribution in [3.05, 3.63) is 11.4 Å². The topological polar surface area (TPSA) is 95.9 Å². The van der Waals surface area contributed by atoms with Crippen LogP contribution in [0.3, 0.4) is 0 Å². The van der Waals surface area contributed by atoms with E-state index in [1.54, 1.807) is 11.4 Å². The summed E-state index contributed by atoms with van der Waals surface area (Å²) in [6.45, 7) is 1.27. The van der Waals surface area contributed by atoms with Crippen LogP contribution in [0.25, 0.3) is 10.7 Å². The molecule has 2 aromatic rings. The summed E-state index contributed by atoms with van der Waals surface area (Å²) in [5.74, 6) is -0.184. The maximum Gasteiger partial charge on any atom is 0.332 e. The summed E-state index contributed by atoms with van der Waals surface area (Å²) in [5.41, 5.74) is 6.24. The van der Waals surface area contributed by atoms with E-state index in [-0.39, 0.29) is 0 Å². The number of nitrogens with zero attached hydrogens (tertiary/aromatic N) is 4. The van der Waals surface area contributed by atoms with Crippen LogP contribution < -0.4 is 10.6 Å². The van der Waals surface area contributed by atoms with Crippen LogP contribution in [0.1, 0.15) is 6.92 Å². The van der Waals surface area contributed by atoms with Crippen molar-refractivity contribution < 1.29 is 9.63 Å². The van der Waals surface area contributed by atoms with Crippen molar-refractivity contribution in [2.24, 2.45) is 0 Å². The van der Waals surface area contributed by atoms with Gasteiger partial charge >= 0.3 is 5.97 Å². The summed E-state index contributed by atoms with van der Waals surface area (Å²) in [4.78, 5) is 17.1. The molecule has 0 amide bonds. The molecule has 0 saturated heterocycles. The number of carbonyl (C=O) groups excluding carboxylic acids is 1. The van der Waals surface area contributed by atoms with E-state index in [0.717, 1.165) is 4.85 Å². The molecule has 78 valence electrons. The third kappa shape index (κ3) is 1.79. The molecule has 0 saturated carbocycles. The van der Waals surface area contributed by atoms with Gasteiger partial charge in [-0.3, -0.25) is 0 Å². The first kappa shape index (κ1) is 9.59. The van der Waals surface area contributed by atoms with Gasteiger partial charge in [0.1, 0.15) is 4.88 Å². The summed E-state index contributed by atoms with van der Waals surface area (Å²) < 4.78 is 0. The number of hydrogen-bond acceptors (Lipinski definition) is 7. The second-order valence-electron chi connectivity index (χ2n) is 2.66. The van der Waals surface area contributed by atoms with Gasteiger partial charge in [0.25, 0.3) is 0 Å². The molecule has 0 aliphatic rings. The van der Waals surface area contributed by atoms with E-state index in [1.165, 1.54) is 18.3 Å². The third-order valence-corrected chi connectivity index (χ3v) is 2.48. The Labute approximate surface area is 88.4 Å². The molecule has 2 aromatic heterocycles. The molecule has 2 N–H and O–H groups in total. The summed E-state index contributed by atoms with van der Waals surface area (Å²) in [7, 11) is 0. The van der Waals surface area contributed by atoms with Gasteiger partial charge in [0.2, 0.25) is 5.82 Å². The summed E-state index contributed by atoms with van der Waals surface area (Å²) in [6, 6.07) is 1.73. The Morgan fingerprint density at radius 2 is 2.47 bits per heavy atom. The molecule has 0 spiro atoms. The monoisotopic (exact) mass is 225 g/mol. The van der Waals surface area contributed by atoms with E-state index in [4.69, 9.17) is 10.6 Å². The Balaban J connectivity index is 2.41. The standard InChI is InChI=1S/C7H7N5O2S/c1-4(13)14-12-7(9-10-11-12)6-5(8)2-3-15-6/h2-3H,8H2,1H3. The van der Waals surface area contributed by atoms with Gasteiger partial charge in [0.15, 0.2) is 0 Å². The van der Waals surface area contributed by atoms with E-state index in [1.807, 2.05) is 0 Å². The number of nitrogens with two attached hydrogens (primary N) is 1. The maximum atomic E-state index is 10.8. The number of tetrazole rings is 1. The van der Waals surface area contributed by atoms with Crippen molar-refractivity contribution in [2.75, 3.05) is 5.73 Å². The number of carbonyl (C=O) groups is 1. The molecule has 0 radical (unpaired) electrons. The zero-order valence-corrected chi connectivity index (χ0v) is 8.56. The Hall–Kier alpha value is -1.96. The molecule has 0 bridgehead atoms. The fourth-order valence-electron chi connectivity index (χ4n) is 0.996. The molecule has 2 rings (SSSR count). The predicted molar refractivity (Wildman–Crippen MR) is 52.8 cm³/mol. The normalized spacial score (nSPS) is 10.2. The number of thiophene rings is 1. The molecule has 7 nitrogen and oxygen atoms in total. The molecule has 0 unspecified atom stereocenters. The summed E-state index contributed by atoms with van der Waals surface area (Å²) in [6.07, 6.45) is 0. The number of anilines is 1. The number of nitrogen functional groups attached to an aromatic ring is 1. The van der Waals surface area contributed by atoms with Crippen LogP contribution in [0.4, 0.5) is 5.69 Å². The molecule has 0 aliphatic carbocycles. The fourth-order valence-corrected chi connectivity index (χ4v) is 1.77. The number of hydrogen-bond donors (Lipinski definition) is 1. The van der Waals surface area contributed by atoms with Gasteiger partial charge in [0, 0.05) is 6.92 Å². The van der Waals surface area contributed by atoms with Crippen LogP contribution in [0.5, 0.6) is 0 Å². The maximum absolute atomic E-state index is 10.8. The van der Waals surface area contributed by atoms with Crippen molar-refractivity contribution in [2.45, 2.75) is 6.92 Å². The van der Waals surface area contributed by atoms with Gasteiger partial charge in [-0.2, -0.15) is 0 Å². The fraction of sp³-hybridized carbons (Fsp3) is 0.143. The van der Waals surface area contributed by atoms with Crippen molar-refractivity contribution >= 4 is 23.0 Å². The smallest absolute Gasteiger partial charge is 0.332 e. The Bertz CT molecular complexity index is 491. The zero-order valence-electron chi connectivity index (χ0n) is 7.75. The van der Waals surface area contributed by atoms with Gasteiger partial charge in [0.05, 0.1) is 5.69 Å². The van der Waals surface area contributed by atoms with Crippen LogP contribution in [-0.2, 0) is 4.79 Å². The molecule has 8 heteroatoms. The van der Waals surface area contributed by atoms with Crippen LogP contribution in [0.2, 0.25) is 0 Å². The molecule has 0 aliphatic heterocycles. The first-order valence-corrected chi connectivity index (χ1v) is 4.87. The predicted octanol–water partition coefficient (Wildman–Crippen LogP) is -0.0411. The largest absolute Gasteiger partial charge is 0.397 e. The highest BCUT2D eigenvalue weighted by Crippen LogP contribution is 2.28. The van der Waals surface area contributed by atoms with E-state index < -0.39 is 5.97 Å². The molecule has 15 heavy (non-hydrogen) atoms. The lowest BCUT2D eigenvalue weighted by atomic mass is 10.4. The number of rotatable bonds is 2. The SMILES string of the molecule is CC(=O)On1nnnc1-c1sccc1N. The van der Waals surface area contributed by atoms with Gasteiger partial charge in [-0.15, -0.1) is 16.4 Å². The van der Waals surface area contributed by atoms with Gasteiger partial charge in [-0.1, -0.05) is 0 Å². The molecular weight excluding hydrogens is 218 g/mol. The van der Waals surface area contributed by atoms with Crippen molar-refractivity contribution in [1.82, 2.24) is 20.4 Å². The first-order valence-electron chi connectivity index (χ1n) is 3.99. The van der Waals surface area contributed by atoms with Crippen molar-refractivity contribution in [1.29, 1.82) is 0 Å². The van der Waals surface area contributed by atoms with Crippen molar-refractivity contribution in [3.63, 3.8) is 0 Å². The number of aromatic nitrogens is 4. The Kier molecular flexibility index (Phi) is 2.34. The summed E-state index contributed by atoms with van der Waals surface area (Å²) >= 11 is 1.37. The van der Waals surface area contributed by atoms with E-state index >= 15 is 0 Å². The highest BCUT2D eigenvalue weighted by Gasteiger charge is 2.15. The first-order chi connectivity index (χ1) is 7.18. The van der Waals surface area contributed by atoms with Crippen LogP contribution in [0, 0.1) is 0 Å². The lowest BCUT2D eigenvalue weighted by molar-refractivity contribution is -0.143. The molecule has 0 fully saturated rings. The minimum absolute atomic E-state index is 0.317.